The third-order valence-corrected chi connectivity index (χ3v) is 14.2. The van der Waals surface area contributed by atoms with Crippen molar-refractivity contribution in [3.05, 3.63) is 72.9 Å². The lowest BCUT2D eigenvalue weighted by Gasteiger charge is -2.22. The van der Waals surface area contributed by atoms with Gasteiger partial charge in [0.25, 0.3) is 0 Å². The number of nitrogens with one attached hydrogen (secondary N) is 1. The Hall–Kier alpha value is -2.17. The van der Waals surface area contributed by atoms with Gasteiger partial charge in [0.05, 0.1) is 18.8 Å². The first-order valence-corrected chi connectivity index (χ1v) is 31.1. The van der Waals surface area contributed by atoms with Crippen molar-refractivity contribution in [1.29, 1.82) is 0 Å². The molecule has 0 heterocycles. The van der Waals surface area contributed by atoms with Crippen LogP contribution in [0.15, 0.2) is 72.9 Å². The van der Waals surface area contributed by atoms with Crippen molar-refractivity contribution in [1.82, 2.24) is 5.32 Å². The van der Waals surface area contributed by atoms with Gasteiger partial charge in [-0.05, 0) is 64.2 Å². The highest BCUT2D eigenvalue weighted by molar-refractivity contribution is 5.76. The highest BCUT2D eigenvalue weighted by atomic mass is 16.3. The molecule has 0 aromatic heterocycles. The molecule has 3 N–H and O–H groups in total. The normalized spacial score (nSPS) is 13.3. The Morgan fingerprint density at radius 1 is 0.357 bits per heavy atom. The highest BCUT2D eigenvalue weighted by Gasteiger charge is 2.20. The minimum absolute atomic E-state index is 0.0269. The predicted molar refractivity (Wildman–Crippen MR) is 313 cm³/mol. The lowest BCUT2D eigenvalue weighted by molar-refractivity contribution is -0.123. The Balaban J connectivity index is 3.43. The Labute approximate surface area is 438 Å². The number of hydrogen-bond donors (Lipinski definition) is 3. The molecule has 0 bridgehead atoms. The number of allylic oxidation sites excluding steroid dienone is 12. The van der Waals surface area contributed by atoms with Crippen LogP contribution in [-0.2, 0) is 4.79 Å². The molecule has 1 amide bonds. The molecule has 0 radical (unpaired) electrons. The summed E-state index contributed by atoms with van der Waals surface area (Å²) >= 11 is 0. The summed E-state index contributed by atoms with van der Waals surface area (Å²) in [6, 6.07) is -0.537. The predicted octanol–water partition coefficient (Wildman–Crippen LogP) is 20.9. The van der Waals surface area contributed by atoms with Gasteiger partial charge in [-0.3, -0.25) is 4.79 Å². The summed E-state index contributed by atoms with van der Waals surface area (Å²) in [6.45, 7) is 4.27. The fraction of sp³-hybridized carbons (Fsp3) is 0.803. The van der Waals surface area contributed by atoms with E-state index in [1.54, 1.807) is 0 Å². The van der Waals surface area contributed by atoms with Gasteiger partial charge in [-0.1, -0.05) is 324 Å². The lowest BCUT2D eigenvalue weighted by Crippen LogP contribution is -2.45. The van der Waals surface area contributed by atoms with E-state index in [-0.39, 0.29) is 12.5 Å². The van der Waals surface area contributed by atoms with Gasteiger partial charge in [-0.2, -0.15) is 0 Å². The summed E-state index contributed by atoms with van der Waals surface area (Å²) in [6.07, 6.45) is 87.7. The SMILES string of the molecule is CC/C=C\C/C=C\C/C=C\C/C=C\C/C=C\C/C=C\CCCCCCCCCCCCCCCCCCCCCCC(=O)NC(CO)C(O)CCCCCCCCCCCCCCCCCCCCC. The van der Waals surface area contributed by atoms with Crippen LogP contribution in [0.5, 0.6) is 0 Å². The van der Waals surface area contributed by atoms with Crippen molar-refractivity contribution in [2.75, 3.05) is 6.61 Å². The van der Waals surface area contributed by atoms with Crippen LogP contribution in [0.4, 0.5) is 0 Å². The zero-order chi connectivity index (χ0) is 50.6. The number of rotatable bonds is 57. The van der Waals surface area contributed by atoms with Gasteiger partial charge in [0.2, 0.25) is 5.91 Å². The summed E-state index contributed by atoms with van der Waals surface area (Å²) in [5.41, 5.74) is 0. The third-order valence-electron chi connectivity index (χ3n) is 14.2. The van der Waals surface area contributed by atoms with E-state index in [0.29, 0.717) is 12.8 Å². The van der Waals surface area contributed by atoms with Crippen LogP contribution in [-0.4, -0.2) is 34.9 Å². The van der Waals surface area contributed by atoms with Crippen LogP contribution in [0.1, 0.15) is 322 Å². The second kappa shape index (κ2) is 61.1. The third kappa shape index (κ3) is 56.7. The average molecular weight is 977 g/mol. The maximum absolute atomic E-state index is 12.5. The van der Waals surface area contributed by atoms with Crippen LogP contribution in [0.3, 0.4) is 0 Å². The van der Waals surface area contributed by atoms with Crippen LogP contribution >= 0.6 is 0 Å². The summed E-state index contributed by atoms with van der Waals surface area (Å²) in [5, 5.41) is 23.4. The zero-order valence-corrected chi connectivity index (χ0v) is 47.0. The second-order valence-corrected chi connectivity index (χ2v) is 21.1. The van der Waals surface area contributed by atoms with Gasteiger partial charge in [0.15, 0.2) is 0 Å². The van der Waals surface area contributed by atoms with Gasteiger partial charge in [-0.25, -0.2) is 0 Å². The topological polar surface area (TPSA) is 69.6 Å². The molecule has 0 aliphatic rings. The van der Waals surface area contributed by atoms with E-state index in [4.69, 9.17) is 0 Å². The van der Waals surface area contributed by atoms with Crippen LogP contribution in [0.2, 0.25) is 0 Å². The van der Waals surface area contributed by atoms with Crippen molar-refractivity contribution < 1.29 is 15.0 Å². The molecule has 0 fully saturated rings. The first kappa shape index (κ1) is 67.8. The van der Waals surface area contributed by atoms with E-state index in [1.165, 1.54) is 231 Å². The fourth-order valence-electron chi connectivity index (χ4n) is 9.54. The Morgan fingerprint density at radius 3 is 0.943 bits per heavy atom. The molecule has 408 valence electrons. The van der Waals surface area contributed by atoms with Crippen molar-refractivity contribution >= 4 is 5.91 Å². The Kier molecular flexibility index (Phi) is 59.2. The van der Waals surface area contributed by atoms with Crippen LogP contribution in [0, 0.1) is 0 Å². The zero-order valence-electron chi connectivity index (χ0n) is 47.0. The van der Waals surface area contributed by atoms with E-state index in [0.717, 1.165) is 64.2 Å². The minimum atomic E-state index is -0.660. The molecule has 4 heteroatoms. The summed E-state index contributed by atoms with van der Waals surface area (Å²) < 4.78 is 0. The quantitative estimate of drug-likeness (QED) is 0.0420. The molecule has 0 saturated carbocycles. The number of hydrogen-bond acceptors (Lipinski definition) is 3. The van der Waals surface area contributed by atoms with E-state index in [9.17, 15) is 15.0 Å². The highest BCUT2D eigenvalue weighted by Crippen LogP contribution is 2.18. The smallest absolute Gasteiger partial charge is 0.220 e. The van der Waals surface area contributed by atoms with Gasteiger partial charge in [-0.15, -0.1) is 0 Å². The summed E-state index contributed by atoms with van der Waals surface area (Å²) in [4.78, 5) is 12.5. The Morgan fingerprint density at radius 2 is 0.629 bits per heavy atom. The van der Waals surface area contributed by atoms with E-state index in [2.05, 4.69) is 92.1 Å². The van der Waals surface area contributed by atoms with Gasteiger partial charge < -0.3 is 15.5 Å². The van der Waals surface area contributed by atoms with E-state index >= 15 is 0 Å². The Bertz CT molecular complexity index is 1200. The van der Waals surface area contributed by atoms with Crippen molar-refractivity contribution in [3.8, 4) is 0 Å². The number of carbonyl (C=O) groups excluding carboxylic acids is 1. The fourth-order valence-corrected chi connectivity index (χ4v) is 9.54. The van der Waals surface area contributed by atoms with E-state index in [1.807, 2.05) is 0 Å². The van der Waals surface area contributed by atoms with Crippen molar-refractivity contribution in [3.63, 3.8) is 0 Å². The maximum atomic E-state index is 12.5. The minimum Gasteiger partial charge on any atom is -0.394 e. The molecule has 4 nitrogen and oxygen atoms in total. The number of carbonyl (C=O) groups is 1. The monoisotopic (exact) mass is 976 g/mol. The molecule has 0 spiro atoms. The second-order valence-electron chi connectivity index (χ2n) is 21.1. The molecular formula is C66H121NO3. The summed E-state index contributed by atoms with van der Waals surface area (Å²) in [7, 11) is 0. The lowest BCUT2D eigenvalue weighted by atomic mass is 10.0. The first-order valence-electron chi connectivity index (χ1n) is 31.1. The van der Waals surface area contributed by atoms with Gasteiger partial charge in [0.1, 0.15) is 0 Å². The average Bonchev–Trinajstić information content (AvgIpc) is 3.36. The molecule has 0 aliphatic carbocycles. The number of aliphatic hydroxyl groups excluding tert-OH is 2. The first-order chi connectivity index (χ1) is 34.7. The molecule has 0 aromatic carbocycles. The number of aliphatic hydroxyl groups is 2. The van der Waals surface area contributed by atoms with Gasteiger partial charge in [0, 0.05) is 6.42 Å². The molecule has 0 rings (SSSR count). The summed E-state index contributed by atoms with van der Waals surface area (Å²) in [5.74, 6) is -0.0269. The molecule has 70 heavy (non-hydrogen) atoms. The maximum Gasteiger partial charge on any atom is 0.220 e. The molecule has 0 aliphatic heterocycles. The van der Waals surface area contributed by atoms with Crippen molar-refractivity contribution in [2.45, 2.75) is 334 Å². The van der Waals surface area contributed by atoms with Gasteiger partial charge >= 0.3 is 0 Å². The standard InChI is InChI=1S/C66H121NO3/c1-3-5-7-9-11-13-15-17-19-21-23-24-25-26-27-28-29-30-31-32-33-34-35-36-37-38-39-40-41-42-44-46-48-50-52-54-56-58-60-62-66(70)67-64(63-68)65(69)61-59-57-55-53-51-49-47-45-43-22-20-18-16-14-12-10-8-6-4-2/h5,7,11,13,17,19,23-24,26-27,29-30,64-65,68-69H,3-4,6,8-10,12,14-16,18,20-22,25,28,31-63H2,1-2H3,(H,67,70)/b7-5-,13-11-,19-17-,24-23-,27-26-,30-29-. The van der Waals surface area contributed by atoms with Crippen molar-refractivity contribution in [2.24, 2.45) is 0 Å². The molecule has 2 unspecified atom stereocenters. The molecule has 0 aromatic rings. The van der Waals surface area contributed by atoms with Crippen LogP contribution in [0.25, 0.3) is 0 Å². The number of unbranched alkanes of at least 4 members (excludes halogenated alkanes) is 38. The molecular weight excluding hydrogens is 855 g/mol. The van der Waals surface area contributed by atoms with E-state index < -0.39 is 12.1 Å². The van der Waals surface area contributed by atoms with Crippen LogP contribution < -0.4 is 5.32 Å². The molecule has 2 atom stereocenters. The molecule has 0 saturated heterocycles. The largest absolute Gasteiger partial charge is 0.394 e. The number of amides is 1.